The van der Waals surface area contributed by atoms with Crippen molar-refractivity contribution in [3.63, 3.8) is 0 Å². The molecule has 16 heavy (non-hydrogen) atoms. The van der Waals surface area contributed by atoms with Gasteiger partial charge in [0, 0.05) is 10.1 Å². The molecule has 0 unspecified atom stereocenters. The minimum atomic E-state index is -0.731. The predicted molar refractivity (Wildman–Crippen MR) is 61.4 cm³/mol. The van der Waals surface area contributed by atoms with Crippen LogP contribution in [-0.4, -0.2) is 20.4 Å². The van der Waals surface area contributed by atoms with E-state index in [0.717, 1.165) is 10.1 Å². The minimum Gasteiger partial charge on any atom is -0.496 e. The standard InChI is InChI=1S/C11H10O4S/c1-13-7-4-3-5-9-10(7)8(6-16-9)15-11(12)14-2/h3-6H,1-2H3. The monoisotopic (exact) mass is 238 g/mol. The summed E-state index contributed by atoms with van der Waals surface area (Å²) in [5.41, 5.74) is 0. The molecule has 0 radical (unpaired) electrons. The van der Waals surface area contributed by atoms with Crippen molar-refractivity contribution in [1.29, 1.82) is 0 Å². The third kappa shape index (κ3) is 1.81. The van der Waals surface area contributed by atoms with E-state index in [4.69, 9.17) is 9.47 Å². The van der Waals surface area contributed by atoms with Crippen LogP contribution < -0.4 is 9.47 Å². The van der Waals surface area contributed by atoms with Gasteiger partial charge in [0.2, 0.25) is 0 Å². The zero-order valence-corrected chi connectivity index (χ0v) is 9.67. The molecule has 1 aromatic heterocycles. The van der Waals surface area contributed by atoms with Crippen molar-refractivity contribution in [1.82, 2.24) is 0 Å². The van der Waals surface area contributed by atoms with Gasteiger partial charge >= 0.3 is 6.16 Å². The highest BCUT2D eigenvalue weighted by Gasteiger charge is 2.13. The Balaban J connectivity index is 2.49. The lowest BCUT2D eigenvalue weighted by atomic mass is 10.2. The minimum absolute atomic E-state index is 0.462. The van der Waals surface area contributed by atoms with Gasteiger partial charge in [-0.25, -0.2) is 4.79 Å². The summed E-state index contributed by atoms with van der Waals surface area (Å²) in [6.45, 7) is 0. The average molecular weight is 238 g/mol. The number of fused-ring (bicyclic) bond motifs is 1. The van der Waals surface area contributed by atoms with E-state index in [1.807, 2.05) is 18.2 Å². The van der Waals surface area contributed by atoms with Crippen molar-refractivity contribution in [2.45, 2.75) is 0 Å². The van der Waals surface area contributed by atoms with Crippen molar-refractivity contribution in [2.24, 2.45) is 0 Å². The molecule has 0 fully saturated rings. The second-order valence-corrected chi connectivity index (χ2v) is 3.90. The van der Waals surface area contributed by atoms with E-state index in [0.29, 0.717) is 11.5 Å². The van der Waals surface area contributed by atoms with Gasteiger partial charge in [0.25, 0.3) is 0 Å². The highest BCUT2D eigenvalue weighted by atomic mass is 32.1. The van der Waals surface area contributed by atoms with Crippen LogP contribution in [0.1, 0.15) is 0 Å². The van der Waals surface area contributed by atoms with Gasteiger partial charge in [-0.1, -0.05) is 6.07 Å². The normalized spacial score (nSPS) is 10.1. The van der Waals surface area contributed by atoms with Crippen molar-refractivity contribution in [3.8, 4) is 11.5 Å². The maximum atomic E-state index is 11.0. The van der Waals surface area contributed by atoms with Gasteiger partial charge in [-0.3, -0.25) is 0 Å². The molecular formula is C11H10O4S. The molecule has 5 heteroatoms. The Morgan fingerprint density at radius 2 is 2.06 bits per heavy atom. The topological polar surface area (TPSA) is 44.8 Å². The summed E-state index contributed by atoms with van der Waals surface area (Å²) in [4.78, 5) is 11.0. The molecule has 0 aliphatic rings. The number of hydrogen-bond donors (Lipinski definition) is 0. The summed E-state index contributed by atoms with van der Waals surface area (Å²) in [5, 5.41) is 2.55. The summed E-state index contributed by atoms with van der Waals surface area (Å²) in [7, 11) is 2.85. The van der Waals surface area contributed by atoms with Crippen LogP contribution in [0.15, 0.2) is 23.6 Å². The van der Waals surface area contributed by atoms with Crippen LogP contribution in [0, 0.1) is 0 Å². The van der Waals surface area contributed by atoms with E-state index in [9.17, 15) is 4.79 Å². The first-order valence-electron chi connectivity index (χ1n) is 4.56. The van der Waals surface area contributed by atoms with Crippen LogP contribution in [0.4, 0.5) is 4.79 Å². The summed E-state index contributed by atoms with van der Waals surface area (Å²) in [6.07, 6.45) is -0.731. The van der Waals surface area contributed by atoms with Gasteiger partial charge < -0.3 is 14.2 Å². The fourth-order valence-electron chi connectivity index (χ4n) is 1.40. The quantitative estimate of drug-likeness (QED) is 0.754. The maximum Gasteiger partial charge on any atom is 0.513 e. The lowest BCUT2D eigenvalue weighted by Gasteiger charge is -2.04. The Morgan fingerprint density at radius 3 is 2.75 bits per heavy atom. The number of carbonyl (C=O) groups excluding carboxylic acids is 1. The van der Waals surface area contributed by atoms with E-state index in [1.165, 1.54) is 18.4 Å². The number of benzene rings is 1. The van der Waals surface area contributed by atoms with E-state index in [2.05, 4.69) is 4.74 Å². The summed E-state index contributed by atoms with van der Waals surface area (Å²) >= 11 is 1.48. The second-order valence-electron chi connectivity index (χ2n) is 2.99. The molecule has 84 valence electrons. The molecule has 0 aliphatic heterocycles. The lowest BCUT2D eigenvalue weighted by Crippen LogP contribution is -2.06. The van der Waals surface area contributed by atoms with Gasteiger partial charge in [0.1, 0.15) is 5.75 Å². The fourth-order valence-corrected chi connectivity index (χ4v) is 2.28. The van der Waals surface area contributed by atoms with Gasteiger partial charge in [-0.15, -0.1) is 11.3 Å². The van der Waals surface area contributed by atoms with Crippen LogP contribution in [0.25, 0.3) is 10.1 Å². The van der Waals surface area contributed by atoms with E-state index >= 15 is 0 Å². The third-order valence-electron chi connectivity index (χ3n) is 2.11. The van der Waals surface area contributed by atoms with Crippen LogP contribution in [0.2, 0.25) is 0 Å². The van der Waals surface area contributed by atoms with E-state index in [1.54, 1.807) is 12.5 Å². The van der Waals surface area contributed by atoms with Gasteiger partial charge in [-0.2, -0.15) is 0 Å². The summed E-state index contributed by atoms with van der Waals surface area (Å²) < 4.78 is 15.7. The number of rotatable bonds is 2. The van der Waals surface area contributed by atoms with Crippen molar-refractivity contribution < 1.29 is 19.0 Å². The van der Waals surface area contributed by atoms with Crippen LogP contribution >= 0.6 is 11.3 Å². The number of carbonyl (C=O) groups is 1. The number of methoxy groups -OCH3 is 2. The SMILES string of the molecule is COC(=O)Oc1csc2cccc(OC)c12. The number of thiophene rings is 1. The summed E-state index contributed by atoms with van der Waals surface area (Å²) in [6, 6.07) is 5.64. The molecule has 0 amide bonds. The number of ether oxygens (including phenoxy) is 3. The molecule has 0 N–H and O–H groups in total. The fraction of sp³-hybridized carbons (Fsp3) is 0.182. The van der Waals surface area contributed by atoms with Crippen LogP contribution in [0.3, 0.4) is 0 Å². The van der Waals surface area contributed by atoms with E-state index < -0.39 is 6.16 Å². The van der Waals surface area contributed by atoms with Gasteiger partial charge in [0.05, 0.1) is 19.6 Å². The molecule has 2 rings (SSSR count). The van der Waals surface area contributed by atoms with E-state index in [-0.39, 0.29) is 0 Å². The molecule has 0 spiro atoms. The molecule has 0 atom stereocenters. The molecule has 0 saturated heterocycles. The maximum absolute atomic E-state index is 11.0. The van der Waals surface area contributed by atoms with Crippen LogP contribution in [0.5, 0.6) is 11.5 Å². The van der Waals surface area contributed by atoms with Crippen molar-refractivity contribution >= 4 is 27.6 Å². The second kappa shape index (κ2) is 4.40. The Morgan fingerprint density at radius 1 is 1.25 bits per heavy atom. The first-order valence-corrected chi connectivity index (χ1v) is 5.44. The summed E-state index contributed by atoms with van der Waals surface area (Å²) in [5.74, 6) is 1.14. The van der Waals surface area contributed by atoms with Crippen molar-refractivity contribution in [3.05, 3.63) is 23.6 Å². The number of hydrogen-bond acceptors (Lipinski definition) is 5. The lowest BCUT2D eigenvalue weighted by molar-refractivity contribution is 0.122. The van der Waals surface area contributed by atoms with Gasteiger partial charge in [-0.05, 0) is 12.1 Å². The molecule has 0 saturated carbocycles. The first kappa shape index (κ1) is 10.8. The van der Waals surface area contributed by atoms with Gasteiger partial charge in [0.15, 0.2) is 5.75 Å². The Bertz CT molecular complexity index is 518. The van der Waals surface area contributed by atoms with Crippen molar-refractivity contribution in [2.75, 3.05) is 14.2 Å². The molecular weight excluding hydrogens is 228 g/mol. The third-order valence-corrected chi connectivity index (χ3v) is 3.03. The zero-order valence-electron chi connectivity index (χ0n) is 8.85. The average Bonchev–Trinajstić information content (AvgIpc) is 2.72. The zero-order chi connectivity index (χ0) is 11.5. The smallest absolute Gasteiger partial charge is 0.496 e. The molecule has 1 aromatic carbocycles. The molecule has 2 aromatic rings. The molecule has 4 nitrogen and oxygen atoms in total. The molecule has 0 bridgehead atoms. The molecule has 0 aliphatic carbocycles. The highest BCUT2D eigenvalue weighted by molar-refractivity contribution is 7.17. The Labute approximate surface area is 96.4 Å². The Hall–Kier alpha value is -1.75. The predicted octanol–water partition coefficient (Wildman–Crippen LogP) is 3.06. The Kier molecular flexibility index (Phi) is 2.96. The first-order chi connectivity index (χ1) is 7.76. The largest absolute Gasteiger partial charge is 0.513 e. The van der Waals surface area contributed by atoms with Crippen LogP contribution in [-0.2, 0) is 4.74 Å². The highest BCUT2D eigenvalue weighted by Crippen LogP contribution is 2.38. The molecule has 1 heterocycles.